The Morgan fingerprint density at radius 3 is 3.00 bits per heavy atom. The number of nitrogens with one attached hydrogen (secondary N) is 1. The smallest absolute Gasteiger partial charge is 0.318 e. The van der Waals surface area contributed by atoms with Gasteiger partial charge in [0.05, 0.1) is 12.6 Å². The summed E-state index contributed by atoms with van der Waals surface area (Å²) in [5, 5.41) is 7.06. The Bertz CT molecular complexity index is 806. The van der Waals surface area contributed by atoms with Crippen molar-refractivity contribution < 1.29 is 9.21 Å². The highest BCUT2D eigenvalue weighted by Crippen LogP contribution is 2.42. The Kier molecular flexibility index (Phi) is 3.98. The van der Waals surface area contributed by atoms with E-state index in [0.717, 1.165) is 34.6 Å². The first-order chi connectivity index (χ1) is 11.7. The van der Waals surface area contributed by atoms with Crippen LogP contribution in [0.25, 0.3) is 11.0 Å². The largest absolute Gasteiger partial charge is 0.459 e. The van der Waals surface area contributed by atoms with Gasteiger partial charge in [0, 0.05) is 24.0 Å². The Hall–Kier alpha value is -2.34. The van der Waals surface area contributed by atoms with Crippen LogP contribution >= 0.6 is 11.3 Å². The number of thiazole rings is 1. The molecule has 0 spiro atoms. The average molecular weight is 341 g/mol. The van der Waals surface area contributed by atoms with Gasteiger partial charge in [-0.15, -0.1) is 11.3 Å². The minimum atomic E-state index is -0.0949. The third-order valence-electron chi connectivity index (χ3n) is 4.33. The first-order valence-electron chi connectivity index (χ1n) is 8.09. The number of furan rings is 1. The summed E-state index contributed by atoms with van der Waals surface area (Å²) < 4.78 is 5.97. The second kappa shape index (κ2) is 6.28. The number of aromatic nitrogens is 1. The molecule has 1 atom stereocenters. The first-order valence-corrected chi connectivity index (χ1v) is 8.97. The van der Waals surface area contributed by atoms with Gasteiger partial charge in [-0.2, -0.15) is 0 Å². The van der Waals surface area contributed by atoms with Gasteiger partial charge >= 0.3 is 6.03 Å². The lowest BCUT2D eigenvalue weighted by atomic mass is 10.1. The van der Waals surface area contributed by atoms with Crippen LogP contribution in [0.5, 0.6) is 0 Å². The van der Waals surface area contributed by atoms with E-state index in [1.54, 1.807) is 29.5 Å². The highest BCUT2D eigenvalue weighted by Gasteiger charge is 2.36. The predicted octanol–water partition coefficient (Wildman–Crippen LogP) is 4.18. The highest BCUT2D eigenvalue weighted by molar-refractivity contribution is 7.09. The number of nitrogens with zero attached hydrogens (tertiary/aromatic N) is 2. The van der Waals surface area contributed by atoms with Gasteiger partial charge in [0.2, 0.25) is 0 Å². The minimum absolute atomic E-state index is 0.0661. The van der Waals surface area contributed by atoms with Crippen molar-refractivity contribution in [1.29, 1.82) is 0 Å². The van der Waals surface area contributed by atoms with Crippen molar-refractivity contribution in [3.8, 4) is 0 Å². The van der Waals surface area contributed by atoms with Crippen LogP contribution in [0, 0.1) is 5.92 Å². The molecule has 124 valence electrons. The first kappa shape index (κ1) is 15.2. The molecular formula is C18H19N3O2S. The number of hydrogen-bond donors (Lipinski definition) is 1. The molecule has 0 unspecified atom stereocenters. The summed E-state index contributed by atoms with van der Waals surface area (Å²) in [7, 11) is 1.79. The van der Waals surface area contributed by atoms with Gasteiger partial charge in [-0.1, -0.05) is 18.2 Å². The second-order valence-electron chi connectivity index (χ2n) is 6.23. The summed E-state index contributed by atoms with van der Waals surface area (Å²) >= 11 is 1.55. The van der Waals surface area contributed by atoms with Crippen molar-refractivity contribution in [2.45, 2.75) is 25.4 Å². The maximum Gasteiger partial charge on any atom is 0.318 e. The molecule has 1 aromatic carbocycles. The van der Waals surface area contributed by atoms with E-state index in [4.69, 9.17) is 4.42 Å². The summed E-state index contributed by atoms with van der Waals surface area (Å²) in [5.74, 6) is 1.30. The number of amides is 2. The van der Waals surface area contributed by atoms with E-state index in [0.29, 0.717) is 12.5 Å². The zero-order chi connectivity index (χ0) is 16.5. The molecule has 1 saturated carbocycles. The Morgan fingerprint density at radius 2 is 2.29 bits per heavy atom. The van der Waals surface area contributed by atoms with Gasteiger partial charge in [-0.3, -0.25) is 0 Å². The normalized spacial score (nSPS) is 15.4. The molecule has 2 aromatic heterocycles. The number of urea groups is 1. The molecule has 1 N–H and O–H groups in total. The summed E-state index contributed by atoms with van der Waals surface area (Å²) in [6.45, 7) is 0.515. The number of hydrogen-bond acceptors (Lipinski definition) is 4. The molecule has 24 heavy (non-hydrogen) atoms. The van der Waals surface area contributed by atoms with E-state index in [2.05, 4.69) is 10.3 Å². The van der Waals surface area contributed by atoms with Crippen LogP contribution in [-0.4, -0.2) is 23.0 Å². The highest BCUT2D eigenvalue weighted by atomic mass is 32.1. The maximum atomic E-state index is 12.6. The SMILES string of the molecule is CN(Cc1nccs1)C(=O)N[C@H](c1cc2ccccc2o1)C1CC1. The molecule has 4 rings (SSSR count). The lowest BCUT2D eigenvalue weighted by molar-refractivity contribution is 0.199. The van der Waals surface area contributed by atoms with Crippen molar-refractivity contribution in [3.63, 3.8) is 0 Å². The molecule has 5 nitrogen and oxygen atoms in total. The van der Waals surface area contributed by atoms with Crippen molar-refractivity contribution in [3.05, 3.63) is 52.7 Å². The zero-order valence-electron chi connectivity index (χ0n) is 13.4. The molecule has 1 aliphatic carbocycles. The Balaban J connectivity index is 1.50. The van der Waals surface area contributed by atoms with Crippen molar-refractivity contribution in [1.82, 2.24) is 15.2 Å². The van der Waals surface area contributed by atoms with Gasteiger partial charge in [-0.25, -0.2) is 9.78 Å². The number of para-hydroxylation sites is 1. The summed E-state index contributed by atoms with van der Waals surface area (Å²) in [6.07, 6.45) is 4.00. The fourth-order valence-corrected chi connectivity index (χ4v) is 3.52. The minimum Gasteiger partial charge on any atom is -0.459 e. The molecule has 0 saturated heterocycles. The van der Waals surface area contributed by atoms with Crippen molar-refractivity contribution in [2.75, 3.05) is 7.05 Å². The standard InChI is InChI=1S/C18H19N3O2S/c1-21(11-16-19-8-9-24-16)18(22)20-17(12-6-7-12)15-10-13-4-2-3-5-14(13)23-15/h2-5,8-10,12,17H,6-7,11H2,1H3,(H,20,22)/t17-/m0/s1. The van der Waals surface area contributed by atoms with E-state index in [9.17, 15) is 4.79 Å². The van der Waals surface area contributed by atoms with E-state index in [1.165, 1.54) is 0 Å². The fraction of sp³-hybridized carbons (Fsp3) is 0.333. The molecule has 1 fully saturated rings. The molecule has 0 bridgehead atoms. The number of fused-ring (bicyclic) bond motifs is 1. The molecular weight excluding hydrogens is 322 g/mol. The fourth-order valence-electron chi connectivity index (χ4n) is 2.86. The van der Waals surface area contributed by atoms with Gasteiger partial charge in [0.1, 0.15) is 16.4 Å². The molecule has 0 aliphatic heterocycles. The van der Waals surface area contributed by atoms with Crippen LogP contribution < -0.4 is 5.32 Å². The van der Waals surface area contributed by atoms with Crippen LogP contribution in [0.15, 0.2) is 46.3 Å². The molecule has 1 aliphatic rings. The lowest BCUT2D eigenvalue weighted by Crippen LogP contribution is -2.39. The third kappa shape index (κ3) is 3.14. The van der Waals surface area contributed by atoms with Crippen LogP contribution in [0.1, 0.15) is 29.7 Å². The summed E-state index contributed by atoms with van der Waals surface area (Å²) in [5.41, 5.74) is 0.864. The summed E-state index contributed by atoms with van der Waals surface area (Å²) in [6, 6.07) is 9.82. The van der Waals surface area contributed by atoms with Crippen LogP contribution in [0.4, 0.5) is 4.79 Å². The van der Waals surface area contributed by atoms with E-state index < -0.39 is 0 Å². The van der Waals surface area contributed by atoms with Gasteiger partial charge < -0.3 is 14.6 Å². The van der Waals surface area contributed by atoms with E-state index >= 15 is 0 Å². The Morgan fingerprint density at radius 1 is 1.46 bits per heavy atom. The van der Waals surface area contributed by atoms with Crippen molar-refractivity contribution >= 4 is 28.3 Å². The molecule has 3 aromatic rings. The topological polar surface area (TPSA) is 58.4 Å². The van der Waals surface area contributed by atoms with E-state index in [-0.39, 0.29) is 12.1 Å². The van der Waals surface area contributed by atoms with Crippen LogP contribution in [0.2, 0.25) is 0 Å². The Labute approximate surface area is 144 Å². The zero-order valence-corrected chi connectivity index (χ0v) is 14.3. The third-order valence-corrected chi connectivity index (χ3v) is 5.09. The van der Waals surface area contributed by atoms with E-state index in [1.807, 2.05) is 35.7 Å². The maximum absolute atomic E-state index is 12.6. The van der Waals surface area contributed by atoms with Crippen LogP contribution in [0.3, 0.4) is 0 Å². The number of rotatable bonds is 5. The lowest BCUT2D eigenvalue weighted by Gasteiger charge is -2.21. The molecule has 0 radical (unpaired) electrons. The number of carbonyl (C=O) groups is 1. The second-order valence-corrected chi connectivity index (χ2v) is 7.21. The monoisotopic (exact) mass is 341 g/mol. The number of carbonyl (C=O) groups excluding carboxylic acids is 1. The average Bonchev–Trinajstić information content (AvgIpc) is 3.12. The predicted molar refractivity (Wildman–Crippen MR) is 93.8 cm³/mol. The van der Waals surface area contributed by atoms with Crippen molar-refractivity contribution in [2.24, 2.45) is 5.92 Å². The molecule has 2 heterocycles. The van der Waals surface area contributed by atoms with Crippen LogP contribution in [-0.2, 0) is 6.54 Å². The van der Waals surface area contributed by atoms with Gasteiger partial charge in [0.25, 0.3) is 0 Å². The van der Waals surface area contributed by atoms with Gasteiger partial charge in [0.15, 0.2) is 0 Å². The quantitative estimate of drug-likeness (QED) is 0.757. The number of benzene rings is 1. The summed E-state index contributed by atoms with van der Waals surface area (Å²) in [4.78, 5) is 18.4. The molecule has 2 amide bonds. The molecule has 6 heteroatoms. The van der Waals surface area contributed by atoms with Gasteiger partial charge in [-0.05, 0) is 30.9 Å².